The van der Waals surface area contributed by atoms with Crippen molar-refractivity contribution in [3.8, 4) is 0 Å². The first-order chi connectivity index (χ1) is 16.9. The molecule has 4 rings (SSSR count). The van der Waals surface area contributed by atoms with Crippen molar-refractivity contribution < 1.29 is 23.9 Å². The van der Waals surface area contributed by atoms with Crippen molar-refractivity contribution in [3.05, 3.63) is 0 Å². The number of rotatable bonds is 6. The lowest BCUT2D eigenvalue weighted by Crippen LogP contribution is -2.68. The van der Waals surface area contributed by atoms with Crippen molar-refractivity contribution >= 4 is 33.7 Å². The smallest absolute Gasteiger partial charge is 0.305 e. The fraction of sp³-hybridized carbons (Fsp3) is 0.900. The number of hydrogen-bond donors (Lipinski definition) is 0. The van der Waals surface area contributed by atoms with Crippen LogP contribution in [0.3, 0.4) is 0 Å². The summed E-state index contributed by atoms with van der Waals surface area (Å²) in [6.45, 7) is 13.0. The van der Waals surface area contributed by atoms with Gasteiger partial charge in [0.15, 0.2) is 5.78 Å². The van der Waals surface area contributed by atoms with E-state index in [0.29, 0.717) is 30.0 Å². The summed E-state index contributed by atoms with van der Waals surface area (Å²) < 4.78 is 11.2. The van der Waals surface area contributed by atoms with Crippen LogP contribution in [0.1, 0.15) is 92.9 Å². The highest BCUT2D eigenvalue weighted by Gasteiger charge is 2.70. The van der Waals surface area contributed by atoms with Gasteiger partial charge < -0.3 is 9.47 Å². The molecule has 5 unspecified atom stereocenters. The lowest BCUT2D eigenvalue weighted by atomic mass is 9.40. The van der Waals surface area contributed by atoms with E-state index in [-0.39, 0.29) is 57.9 Å². The molecule has 4 fully saturated rings. The monoisotopic (exact) mass is 566 g/mol. The number of methoxy groups -OCH3 is 1. The van der Waals surface area contributed by atoms with E-state index < -0.39 is 5.41 Å². The molecule has 0 N–H and O–H groups in total. The first-order valence-electron chi connectivity index (χ1n) is 14.3. The molecular formula is C30H47BrO5. The Labute approximate surface area is 226 Å². The van der Waals surface area contributed by atoms with Gasteiger partial charge in [0.05, 0.1) is 11.9 Å². The molecule has 204 valence electrons. The Hall–Kier alpha value is -0.910. The molecule has 0 saturated heterocycles. The van der Waals surface area contributed by atoms with E-state index in [9.17, 15) is 14.4 Å². The molecule has 0 aromatic carbocycles. The predicted molar refractivity (Wildman–Crippen MR) is 143 cm³/mol. The van der Waals surface area contributed by atoms with Gasteiger partial charge in [-0.1, -0.05) is 57.0 Å². The highest BCUT2D eigenvalue weighted by Crippen LogP contribution is 2.70. The summed E-state index contributed by atoms with van der Waals surface area (Å²) in [4.78, 5) is 38.5. The number of ketones is 1. The fourth-order valence-corrected chi connectivity index (χ4v) is 11.3. The van der Waals surface area contributed by atoms with Crippen LogP contribution in [0.15, 0.2) is 0 Å². The number of fused-ring (bicyclic) bond motifs is 5. The van der Waals surface area contributed by atoms with Crippen LogP contribution in [-0.4, -0.2) is 35.8 Å². The molecule has 0 amide bonds. The van der Waals surface area contributed by atoms with Crippen LogP contribution in [0.25, 0.3) is 0 Å². The minimum atomic E-state index is -0.479. The van der Waals surface area contributed by atoms with Crippen molar-refractivity contribution in [1.29, 1.82) is 0 Å². The minimum Gasteiger partial charge on any atom is -0.469 e. The fourth-order valence-electron chi connectivity index (χ4n) is 9.86. The van der Waals surface area contributed by atoms with Crippen LogP contribution in [0, 0.1) is 58.2 Å². The molecule has 4 aliphatic carbocycles. The summed E-state index contributed by atoms with van der Waals surface area (Å²) >= 11 is 4.00. The van der Waals surface area contributed by atoms with Crippen LogP contribution in [0.5, 0.6) is 0 Å². The Morgan fingerprint density at radius 1 is 1.17 bits per heavy atom. The number of carbonyl (C=O) groups excluding carboxylic acids is 3. The number of alkyl halides is 1. The second kappa shape index (κ2) is 10.3. The van der Waals surface area contributed by atoms with Crippen LogP contribution in [-0.2, 0) is 23.9 Å². The van der Waals surface area contributed by atoms with Crippen molar-refractivity contribution in [2.75, 3.05) is 7.11 Å². The van der Waals surface area contributed by atoms with Gasteiger partial charge in [0.25, 0.3) is 0 Å². The van der Waals surface area contributed by atoms with Crippen LogP contribution < -0.4 is 0 Å². The summed E-state index contributed by atoms with van der Waals surface area (Å²) in [5.41, 5.74) is -0.416. The lowest BCUT2D eigenvalue weighted by Gasteiger charge is -2.65. The van der Waals surface area contributed by atoms with Gasteiger partial charge in [-0.15, -0.1) is 0 Å². The topological polar surface area (TPSA) is 69.7 Å². The van der Waals surface area contributed by atoms with Gasteiger partial charge in [-0.2, -0.15) is 0 Å². The predicted octanol–water partition coefficient (Wildman–Crippen LogP) is 6.60. The zero-order valence-electron chi connectivity index (χ0n) is 23.3. The molecule has 0 aromatic rings. The van der Waals surface area contributed by atoms with E-state index in [1.54, 1.807) is 6.92 Å². The van der Waals surface area contributed by atoms with E-state index in [1.165, 1.54) is 13.5 Å². The average Bonchev–Trinajstić information content (AvgIpc) is 3.19. The van der Waals surface area contributed by atoms with Crippen molar-refractivity contribution in [2.45, 2.75) is 104 Å². The Morgan fingerprint density at radius 3 is 2.47 bits per heavy atom. The third kappa shape index (κ3) is 4.29. The molecule has 5 nitrogen and oxygen atoms in total. The van der Waals surface area contributed by atoms with Gasteiger partial charge in [-0.05, 0) is 85.4 Å². The minimum absolute atomic E-state index is 0.0637. The molecule has 4 aliphatic rings. The number of esters is 2. The molecule has 6 heteroatoms. The quantitative estimate of drug-likeness (QED) is 0.267. The third-order valence-electron chi connectivity index (χ3n) is 11.6. The molecule has 0 bridgehead atoms. The van der Waals surface area contributed by atoms with Gasteiger partial charge in [-0.25, -0.2) is 0 Å². The molecule has 4 saturated carbocycles. The maximum atomic E-state index is 14.4. The van der Waals surface area contributed by atoms with E-state index in [1.807, 2.05) is 0 Å². The molecule has 0 aromatic heterocycles. The summed E-state index contributed by atoms with van der Waals surface area (Å²) in [5, 5.41) is 0. The average molecular weight is 568 g/mol. The second-order valence-electron chi connectivity index (χ2n) is 13.2. The number of carbonyl (C=O) groups is 3. The number of halogens is 1. The molecule has 0 radical (unpaired) electrons. The van der Waals surface area contributed by atoms with Gasteiger partial charge in [0.2, 0.25) is 0 Å². The molecule has 0 aliphatic heterocycles. The van der Waals surface area contributed by atoms with E-state index in [0.717, 1.165) is 38.5 Å². The van der Waals surface area contributed by atoms with Crippen LogP contribution >= 0.6 is 15.9 Å². The lowest BCUT2D eigenvalue weighted by molar-refractivity contribution is -0.209. The third-order valence-corrected chi connectivity index (χ3v) is 12.5. The molecule has 0 spiro atoms. The zero-order valence-corrected chi connectivity index (χ0v) is 24.9. The SMILES string of the molecule is CC[C@H]1C(OC(C)=O)C2C3CC[C@H]([C@H](C)CCC(=O)OC)[C@@]3(C)C(=O)C(Br)C2[C@@]2(C)CC[C@@H](C)C[C@@H]12. The van der Waals surface area contributed by atoms with E-state index in [2.05, 4.69) is 50.5 Å². The van der Waals surface area contributed by atoms with Gasteiger partial charge in [0, 0.05) is 24.7 Å². The Bertz CT molecular complexity index is 873. The van der Waals surface area contributed by atoms with E-state index in [4.69, 9.17) is 9.47 Å². The maximum absolute atomic E-state index is 14.4. The Kier molecular flexibility index (Phi) is 8.07. The molecule has 36 heavy (non-hydrogen) atoms. The first-order valence-corrected chi connectivity index (χ1v) is 15.3. The maximum Gasteiger partial charge on any atom is 0.305 e. The zero-order chi connectivity index (χ0) is 26.6. The highest BCUT2D eigenvalue weighted by molar-refractivity contribution is 9.10. The van der Waals surface area contributed by atoms with Crippen molar-refractivity contribution in [2.24, 2.45) is 58.2 Å². The largest absolute Gasteiger partial charge is 0.469 e. The van der Waals surface area contributed by atoms with Crippen LogP contribution in [0.2, 0.25) is 0 Å². The molecule has 12 atom stereocenters. The number of ether oxygens (including phenoxy) is 2. The van der Waals surface area contributed by atoms with Crippen molar-refractivity contribution in [1.82, 2.24) is 0 Å². The van der Waals surface area contributed by atoms with E-state index >= 15 is 0 Å². The highest BCUT2D eigenvalue weighted by atomic mass is 79.9. The summed E-state index contributed by atoms with van der Waals surface area (Å²) in [6, 6.07) is 0. The van der Waals surface area contributed by atoms with Crippen LogP contribution in [0.4, 0.5) is 0 Å². The van der Waals surface area contributed by atoms with Gasteiger partial charge in [0.1, 0.15) is 6.10 Å². The first kappa shape index (κ1) is 28.1. The molecular weight excluding hydrogens is 520 g/mol. The normalized spacial score (nSPS) is 46.8. The standard InChI is InChI=1S/C30H47BrO5/c1-8-19-22-15-16(2)13-14-29(22,5)25-24(27(19)36-18(4)32)21-11-10-20(17(3)9-12-23(33)35-7)30(21,6)28(34)26(25)31/h16-17,19-22,24-27H,8-15H2,1-7H3/t16-,17-,19-,20-,21?,22+,24?,25?,26?,27?,29+,30-/m1/s1. The second-order valence-corrected chi connectivity index (χ2v) is 14.2. The van der Waals surface area contributed by atoms with Gasteiger partial charge in [-0.3, -0.25) is 14.4 Å². The summed E-state index contributed by atoms with van der Waals surface area (Å²) in [5.74, 6) is 2.43. The summed E-state index contributed by atoms with van der Waals surface area (Å²) in [7, 11) is 1.43. The summed E-state index contributed by atoms with van der Waals surface area (Å²) in [6.07, 6.45) is 7.45. The molecule has 0 heterocycles. The van der Waals surface area contributed by atoms with Gasteiger partial charge >= 0.3 is 11.9 Å². The Balaban J connectivity index is 1.76. The number of hydrogen-bond acceptors (Lipinski definition) is 5. The van der Waals surface area contributed by atoms with Crippen molar-refractivity contribution in [3.63, 3.8) is 0 Å². The number of Topliss-reactive ketones (excluding diaryl/α,β-unsaturated/α-hetero) is 1. The Morgan fingerprint density at radius 2 is 1.86 bits per heavy atom.